The van der Waals surface area contributed by atoms with Crippen LogP contribution in [0.4, 0.5) is 5.69 Å². The first-order chi connectivity index (χ1) is 9.67. The van der Waals surface area contributed by atoms with Crippen LogP contribution in [0.3, 0.4) is 0 Å². The quantitative estimate of drug-likeness (QED) is 0.788. The molecular weight excluding hydrogens is 258 g/mol. The number of amides is 1. The van der Waals surface area contributed by atoms with Crippen molar-refractivity contribution in [3.05, 3.63) is 35.9 Å². The maximum atomic E-state index is 12.2. The zero-order chi connectivity index (χ0) is 14.5. The van der Waals surface area contributed by atoms with Crippen LogP contribution in [0.1, 0.15) is 23.1 Å². The molecule has 0 saturated carbocycles. The molecule has 1 aromatic heterocycles. The van der Waals surface area contributed by atoms with Gasteiger partial charge in [-0.05, 0) is 19.1 Å². The number of carbonyl (C=O) groups is 1. The SMILES string of the molecule is CCn1cnnc1CNC(=O)c1cccc(N)c1OC. The van der Waals surface area contributed by atoms with Gasteiger partial charge >= 0.3 is 0 Å². The number of para-hydroxylation sites is 1. The third kappa shape index (κ3) is 2.71. The third-order valence-electron chi connectivity index (χ3n) is 2.94. The lowest BCUT2D eigenvalue weighted by Crippen LogP contribution is -2.25. The lowest BCUT2D eigenvalue weighted by atomic mass is 10.1. The molecule has 2 aromatic rings. The molecule has 0 bridgehead atoms. The highest BCUT2D eigenvalue weighted by molar-refractivity contribution is 5.98. The first kappa shape index (κ1) is 13.9. The van der Waals surface area contributed by atoms with Gasteiger partial charge in [0.15, 0.2) is 11.6 Å². The minimum absolute atomic E-state index is 0.264. The third-order valence-corrected chi connectivity index (χ3v) is 2.94. The maximum Gasteiger partial charge on any atom is 0.255 e. The van der Waals surface area contributed by atoms with Crippen molar-refractivity contribution >= 4 is 11.6 Å². The van der Waals surface area contributed by atoms with Gasteiger partial charge in [0, 0.05) is 6.54 Å². The fourth-order valence-corrected chi connectivity index (χ4v) is 1.90. The summed E-state index contributed by atoms with van der Waals surface area (Å²) >= 11 is 0. The summed E-state index contributed by atoms with van der Waals surface area (Å²) < 4.78 is 7.02. The van der Waals surface area contributed by atoms with E-state index in [1.807, 2.05) is 11.5 Å². The van der Waals surface area contributed by atoms with Crippen LogP contribution in [0.15, 0.2) is 24.5 Å². The van der Waals surface area contributed by atoms with Gasteiger partial charge in [0.05, 0.1) is 24.9 Å². The van der Waals surface area contributed by atoms with E-state index >= 15 is 0 Å². The van der Waals surface area contributed by atoms with E-state index in [-0.39, 0.29) is 5.91 Å². The molecule has 0 spiro atoms. The van der Waals surface area contributed by atoms with Gasteiger partial charge in [-0.2, -0.15) is 0 Å². The van der Waals surface area contributed by atoms with Crippen LogP contribution in [0, 0.1) is 0 Å². The second-order valence-corrected chi connectivity index (χ2v) is 4.14. The smallest absolute Gasteiger partial charge is 0.255 e. The first-order valence-electron chi connectivity index (χ1n) is 6.24. The Morgan fingerprint density at radius 2 is 2.30 bits per heavy atom. The number of nitrogens with one attached hydrogen (secondary N) is 1. The molecule has 0 fully saturated rings. The van der Waals surface area contributed by atoms with Crippen molar-refractivity contribution in [1.82, 2.24) is 20.1 Å². The Balaban J connectivity index is 2.11. The molecule has 7 heteroatoms. The number of nitrogen functional groups attached to an aromatic ring is 1. The lowest BCUT2D eigenvalue weighted by molar-refractivity contribution is 0.0946. The van der Waals surface area contributed by atoms with E-state index in [1.54, 1.807) is 24.5 Å². The summed E-state index contributed by atoms with van der Waals surface area (Å²) in [5.41, 5.74) is 6.60. The van der Waals surface area contributed by atoms with Gasteiger partial charge in [-0.1, -0.05) is 6.07 Å². The summed E-state index contributed by atoms with van der Waals surface area (Å²) in [6.45, 7) is 3.03. The number of benzene rings is 1. The number of rotatable bonds is 5. The summed E-state index contributed by atoms with van der Waals surface area (Å²) in [7, 11) is 1.48. The molecule has 0 aliphatic carbocycles. The molecule has 0 saturated heterocycles. The van der Waals surface area contributed by atoms with Crippen molar-refractivity contribution in [2.45, 2.75) is 20.0 Å². The van der Waals surface area contributed by atoms with Gasteiger partial charge in [0.2, 0.25) is 0 Å². The number of hydrogen-bond acceptors (Lipinski definition) is 5. The van der Waals surface area contributed by atoms with Crippen molar-refractivity contribution < 1.29 is 9.53 Å². The van der Waals surface area contributed by atoms with Crippen LogP contribution in [0.25, 0.3) is 0 Å². The molecule has 1 aromatic carbocycles. The van der Waals surface area contributed by atoms with E-state index in [0.717, 1.165) is 6.54 Å². The van der Waals surface area contributed by atoms with Crippen molar-refractivity contribution in [3.8, 4) is 5.75 Å². The number of ether oxygens (including phenoxy) is 1. The number of nitrogens with two attached hydrogens (primary N) is 1. The second kappa shape index (κ2) is 6.05. The molecule has 2 rings (SSSR count). The van der Waals surface area contributed by atoms with Crippen LogP contribution in [0.5, 0.6) is 5.75 Å². The standard InChI is InChI=1S/C13H17N5O2/c1-3-18-8-16-17-11(18)7-15-13(19)9-5-4-6-10(14)12(9)20-2/h4-6,8H,3,7,14H2,1-2H3,(H,15,19). The van der Waals surface area contributed by atoms with Gasteiger partial charge in [-0.3, -0.25) is 4.79 Å². The van der Waals surface area contributed by atoms with E-state index in [9.17, 15) is 4.79 Å². The van der Waals surface area contributed by atoms with E-state index in [1.165, 1.54) is 7.11 Å². The van der Waals surface area contributed by atoms with Crippen LogP contribution in [-0.2, 0) is 13.1 Å². The Labute approximate surface area is 116 Å². The van der Waals surface area contributed by atoms with Gasteiger partial charge in [-0.25, -0.2) is 0 Å². The van der Waals surface area contributed by atoms with Crippen LogP contribution < -0.4 is 15.8 Å². The monoisotopic (exact) mass is 275 g/mol. The van der Waals surface area contributed by atoms with Gasteiger partial charge in [-0.15, -0.1) is 10.2 Å². The molecule has 20 heavy (non-hydrogen) atoms. The molecule has 0 aliphatic rings. The second-order valence-electron chi connectivity index (χ2n) is 4.14. The Hall–Kier alpha value is -2.57. The van der Waals surface area contributed by atoms with Crippen LogP contribution in [0.2, 0.25) is 0 Å². The van der Waals surface area contributed by atoms with E-state index in [2.05, 4.69) is 15.5 Å². The largest absolute Gasteiger partial charge is 0.494 e. The fourth-order valence-electron chi connectivity index (χ4n) is 1.90. The molecule has 1 amide bonds. The summed E-state index contributed by atoms with van der Waals surface area (Å²) in [6.07, 6.45) is 1.63. The summed E-state index contributed by atoms with van der Waals surface area (Å²) in [4.78, 5) is 12.2. The highest BCUT2D eigenvalue weighted by Gasteiger charge is 2.14. The molecular formula is C13H17N5O2. The molecule has 0 unspecified atom stereocenters. The molecule has 0 atom stereocenters. The van der Waals surface area contributed by atoms with Crippen molar-refractivity contribution in [2.24, 2.45) is 0 Å². The number of hydrogen-bond donors (Lipinski definition) is 2. The molecule has 106 valence electrons. The average Bonchev–Trinajstić information content (AvgIpc) is 2.91. The zero-order valence-electron chi connectivity index (χ0n) is 11.5. The average molecular weight is 275 g/mol. The predicted molar refractivity (Wildman–Crippen MR) is 74.3 cm³/mol. The minimum Gasteiger partial charge on any atom is -0.494 e. The normalized spacial score (nSPS) is 10.3. The molecule has 0 aliphatic heterocycles. The number of carbonyl (C=O) groups excluding carboxylic acids is 1. The van der Waals surface area contributed by atoms with Gasteiger partial charge in [0.1, 0.15) is 6.33 Å². The van der Waals surface area contributed by atoms with Crippen LogP contribution >= 0.6 is 0 Å². The molecule has 1 heterocycles. The number of aryl methyl sites for hydroxylation is 1. The predicted octanol–water partition coefficient (Wildman–Crippen LogP) is 0.819. The highest BCUT2D eigenvalue weighted by atomic mass is 16.5. The Morgan fingerprint density at radius 1 is 1.50 bits per heavy atom. The first-order valence-corrected chi connectivity index (χ1v) is 6.24. The van der Waals surface area contributed by atoms with E-state index < -0.39 is 0 Å². The maximum absolute atomic E-state index is 12.2. The Kier molecular flexibility index (Phi) is 4.19. The van der Waals surface area contributed by atoms with Crippen molar-refractivity contribution in [3.63, 3.8) is 0 Å². The zero-order valence-corrected chi connectivity index (χ0v) is 11.5. The molecule has 3 N–H and O–H groups in total. The number of anilines is 1. The van der Waals surface area contributed by atoms with E-state index in [0.29, 0.717) is 29.4 Å². The topological polar surface area (TPSA) is 95.1 Å². The minimum atomic E-state index is -0.264. The summed E-state index contributed by atoms with van der Waals surface area (Å²) in [5, 5.41) is 10.5. The summed E-state index contributed by atoms with van der Waals surface area (Å²) in [6, 6.07) is 5.06. The lowest BCUT2D eigenvalue weighted by Gasteiger charge is -2.11. The number of nitrogens with zero attached hydrogens (tertiary/aromatic N) is 3. The summed E-state index contributed by atoms with van der Waals surface area (Å²) in [5.74, 6) is 0.811. The Morgan fingerprint density at radius 3 is 3.00 bits per heavy atom. The Bertz CT molecular complexity index is 609. The van der Waals surface area contributed by atoms with E-state index in [4.69, 9.17) is 10.5 Å². The van der Waals surface area contributed by atoms with Gasteiger partial charge in [0.25, 0.3) is 5.91 Å². The molecule has 0 radical (unpaired) electrons. The molecule has 7 nitrogen and oxygen atoms in total. The number of aromatic nitrogens is 3. The van der Waals surface area contributed by atoms with Crippen molar-refractivity contribution in [2.75, 3.05) is 12.8 Å². The fraction of sp³-hybridized carbons (Fsp3) is 0.308. The van der Waals surface area contributed by atoms with Crippen molar-refractivity contribution in [1.29, 1.82) is 0 Å². The number of methoxy groups -OCH3 is 1. The van der Waals surface area contributed by atoms with Gasteiger partial charge < -0.3 is 20.4 Å². The van der Waals surface area contributed by atoms with Crippen LogP contribution in [-0.4, -0.2) is 27.8 Å². The highest BCUT2D eigenvalue weighted by Crippen LogP contribution is 2.25.